The van der Waals surface area contributed by atoms with Crippen molar-refractivity contribution in [2.75, 3.05) is 23.3 Å². The van der Waals surface area contributed by atoms with Crippen LogP contribution in [0.4, 0.5) is 11.6 Å². The first-order valence-corrected chi connectivity index (χ1v) is 7.50. The zero-order valence-corrected chi connectivity index (χ0v) is 12.4. The highest BCUT2D eigenvalue weighted by atomic mass is 16.1. The molecule has 1 atom stereocenters. The third-order valence-corrected chi connectivity index (χ3v) is 4.00. The van der Waals surface area contributed by atoms with Gasteiger partial charge in [0, 0.05) is 31.5 Å². The van der Waals surface area contributed by atoms with Crippen LogP contribution in [0.5, 0.6) is 0 Å². The first kappa shape index (κ1) is 13.7. The minimum atomic E-state index is -0.160. The second kappa shape index (κ2) is 5.67. The van der Waals surface area contributed by atoms with Crippen molar-refractivity contribution in [3.8, 4) is 0 Å². The van der Waals surface area contributed by atoms with Gasteiger partial charge in [-0.25, -0.2) is 15.0 Å². The molecule has 1 aliphatic rings. The minimum Gasteiger partial charge on any atom is -0.365 e. The molecule has 9 nitrogen and oxygen atoms in total. The van der Waals surface area contributed by atoms with Gasteiger partial charge in [-0.15, -0.1) is 0 Å². The van der Waals surface area contributed by atoms with Gasteiger partial charge in [0.2, 0.25) is 0 Å². The fourth-order valence-corrected chi connectivity index (χ4v) is 2.93. The van der Waals surface area contributed by atoms with E-state index in [1.165, 1.54) is 6.33 Å². The summed E-state index contributed by atoms with van der Waals surface area (Å²) < 4.78 is 0. The Labute approximate surface area is 131 Å². The number of hydrogen-bond donors (Lipinski definition) is 3. The van der Waals surface area contributed by atoms with Gasteiger partial charge in [0.15, 0.2) is 11.5 Å². The summed E-state index contributed by atoms with van der Waals surface area (Å²) in [6.07, 6.45) is 8.35. The summed E-state index contributed by atoms with van der Waals surface area (Å²) in [7, 11) is 0. The lowest BCUT2D eigenvalue weighted by Crippen LogP contribution is -2.44. The Kier molecular flexibility index (Phi) is 3.37. The second-order valence-electron chi connectivity index (χ2n) is 5.53. The predicted octanol–water partition coefficient (Wildman–Crippen LogP) is 0.517. The molecule has 1 saturated heterocycles. The van der Waals surface area contributed by atoms with E-state index in [9.17, 15) is 4.79 Å². The number of hydrogen-bond acceptors (Lipinski definition) is 7. The van der Waals surface area contributed by atoms with Gasteiger partial charge in [-0.05, 0) is 12.8 Å². The molecular formula is C14H16N8O. The van der Waals surface area contributed by atoms with Crippen molar-refractivity contribution in [2.45, 2.75) is 18.9 Å². The molecule has 1 fully saturated rings. The van der Waals surface area contributed by atoms with E-state index in [-0.39, 0.29) is 11.6 Å². The van der Waals surface area contributed by atoms with E-state index in [1.54, 1.807) is 18.6 Å². The van der Waals surface area contributed by atoms with Crippen LogP contribution in [0.2, 0.25) is 0 Å². The number of anilines is 2. The van der Waals surface area contributed by atoms with Crippen LogP contribution in [0.1, 0.15) is 12.8 Å². The van der Waals surface area contributed by atoms with Crippen LogP contribution in [0.3, 0.4) is 0 Å². The average Bonchev–Trinajstić information content (AvgIpc) is 3.05. The SMILES string of the molecule is O=c1[nH]ccnc1N1CCCC(Nc2ncnc3[nH]ncc23)C1. The summed E-state index contributed by atoms with van der Waals surface area (Å²) in [6.45, 7) is 1.52. The molecule has 3 N–H and O–H groups in total. The topological polar surface area (TPSA) is 115 Å². The maximum absolute atomic E-state index is 11.9. The molecule has 1 aliphatic heterocycles. The largest absolute Gasteiger partial charge is 0.365 e. The molecule has 0 bridgehead atoms. The van der Waals surface area contributed by atoms with Gasteiger partial charge in [-0.1, -0.05) is 0 Å². The van der Waals surface area contributed by atoms with Gasteiger partial charge in [-0.3, -0.25) is 9.89 Å². The summed E-state index contributed by atoms with van der Waals surface area (Å²) >= 11 is 0. The fraction of sp³-hybridized carbons (Fsp3) is 0.357. The van der Waals surface area contributed by atoms with E-state index in [0.717, 1.165) is 30.6 Å². The predicted molar refractivity (Wildman–Crippen MR) is 85.4 cm³/mol. The van der Waals surface area contributed by atoms with Crippen LogP contribution >= 0.6 is 0 Å². The molecule has 118 valence electrons. The van der Waals surface area contributed by atoms with Gasteiger partial charge in [-0.2, -0.15) is 5.10 Å². The first-order valence-electron chi connectivity index (χ1n) is 7.50. The number of piperidine rings is 1. The summed E-state index contributed by atoms with van der Waals surface area (Å²) in [4.78, 5) is 29.2. The van der Waals surface area contributed by atoms with Gasteiger partial charge in [0.05, 0.1) is 11.6 Å². The normalized spacial score (nSPS) is 18.3. The molecule has 0 aromatic carbocycles. The molecule has 3 aromatic heterocycles. The van der Waals surface area contributed by atoms with E-state index in [4.69, 9.17) is 0 Å². The molecular weight excluding hydrogens is 296 g/mol. The Hall–Kier alpha value is -2.97. The van der Waals surface area contributed by atoms with Crippen LogP contribution in [-0.2, 0) is 0 Å². The monoisotopic (exact) mass is 312 g/mol. The molecule has 4 heterocycles. The summed E-state index contributed by atoms with van der Waals surface area (Å²) in [5, 5.41) is 11.1. The molecule has 9 heteroatoms. The number of rotatable bonds is 3. The van der Waals surface area contributed by atoms with Crippen molar-refractivity contribution in [2.24, 2.45) is 0 Å². The highest BCUT2D eigenvalue weighted by Crippen LogP contribution is 2.21. The third kappa shape index (κ3) is 2.60. The maximum atomic E-state index is 11.9. The molecule has 3 aromatic rings. The van der Waals surface area contributed by atoms with E-state index in [0.29, 0.717) is 18.0 Å². The molecule has 0 spiro atoms. The van der Waals surface area contributed by atoms with E-state index in [2.05, 4.69) is 35.5 Å². The Morgan fingerprint density at radius 3 is 3.17 bits per heavy atom. The van der Waals surface area contributed by atoms with Crippen molar-refractivity contribution < 1.29 is 0 Å². The molecule has 0 saturated carbocycles. The van der Waals surface area contributed by atoms with Crippen LogP contribution in [0, 0.1) is 0 Å². The van der Waals surface area contributed by atoms with Crippen molar-refractivity contribution in [1.82, 2.24) is 30.1 Å². The number of H-pyrrole nitrogens is 2. The molecule has 0 aliphatic carbocycles. The summed E-state index contributed by atoms with van der Waals surface area (Å²) in [5.41, 5.74) is 0.545. The van der Waals surface area contributed by atoms with E-state index >= 15 is 0 Å². The number of nitrogens with zero attached hydrogens (tertiary/aromatic N) is 5. The zero-order chi connectivity index (χ0) is 15.6. The first-order chi connectivity index (χ1) is 11.3. The number of aromatic amines is 2. The maximum Gasteiger partial charge on any atom is 0.290 e. The molecule has 0 amide bonds. The third-order valence-electron chi connectivity index (χ3n) is 4.00. The Balaban J connectivity index is 1.55. The Morgan fingerprint density at radius 2 is 2.26 bits per heavy atom. The van der Waals surface area contributed by atoms with Crippen molar-refractivity contribution >= 4 is 22.7 Å². The zero-order valence-electron chi connectivity index (χ0n) is 12.4. The summed E-state index contributed by atoms with van der Waals surface area (Å²) in [5.74, 6) is 1.22. The summed E-state index contributed by atoms with van der Waals surface area (Å²) in [6, 6.07) is 0.179. The van der Waals surface area contributed by atoms with Crippen LogP contribution in [0.15, 0.2) is 29.7 Å². The van der Waals surface area contributed by atoms with E-state index < -0.39 is 0 Å². The van der Waals surface area contributed by atoms with Crippen LogP contribution in [-0.4, -0.2) is 49.3 Å². The second-order valence-corrected chi connectivity index (χ2v) is 5.53. The fourth-order valence-electron chi connectivity index (χ4n) is 2.93. The molecule has 1 unspecified atom stereocenters. The molecule has 4 rings (SSSR count). The van der Waals surface area contributed by atoms with Crippen LogP contribution < -0.4 is 15.8 Å². The Morgan fingerprint density at radius 1 is 1.30 bits per heavy atom. The standard InChI is InChI=1S/C14H16N8O/c23-14-13(15-3-4-16-14)22-5-1-2-9(7-22)20-11-10-6-19-21-12(10)18-8-17-11/h3-4,6,8-9H,1-2,5,7H2,(H,16,23)(H2,17,18,19,20,21). The lowest BCUT2D eigenvalue weighted by molar-refractivity contribution is 0.524. The van der Waals surface area contributed by atoms with Crippen molar-refractivity contribution in [3.05, 3.63) is 35.3 Å². The highest BCUT2D eigenvalue weighted by Gasteiger charge is 2.23. The molecule has 0 radical (unpaired) electrons. The average molecular weight is 312 g/mol. The lowest BCUT2D eigenvalue weighted by Gasteiger charge is -2.33. The van der Waals surface area contributed by atoms with E-state index in [1.807, 2.05) is 4.90 Å². The quantitative estimate of drug-likeness (QED) is 0.645. The lowest BCUT2D eigenvalue weighted by atomic mass is 10.1. The van der Waals surface area contributed by atoms with Crippen molar-refractivity contribution in [1.29, 1.82) is 0 Å². The number of fused-ring (bicyclic) bond motifs is 1. The van der Waals surface area contributed by atoms with Gasteiger partial charge in [0.25, 0.3) is 5.56 Å². The number of nitrogens with one attached hydrogen (secondary N) is 3. The Bertz CT molecular complexity index is 872. The van der Waals surface area contributed by atoms with Gasteiger partial charge < -0.3 is 15.2 Å². The number of aromatic nitrogens is 6. The molecule has 23 heavy (non-hydrogen) atoms. The van der Waals surface area contributed by atoms with Gasteiger partial charge in [0.1, 0.15) is 12.1 Å². The van der Waals surface area contributed by atoms with Gasteiger partial charge >= 0.3 is 0 Å². The minimum absolute atomic E-state index is 0.160. The smallest absolute Gasteiger partial charge is 0.290 e. The highest BCUT2D eigenvalue weighted by molar-refractivity contribution is 5.85. The van der Waals surface area contributed by atoms with Crippen LogP contribution in [0.25, 0.3) is 11.0 Å². The van der Waals surface area contributed by atoms with Crippen molar-refractivity contribution in [3.63, 3.8) is 0 Å².